The number of hydrogen-bond donors (Lipinski definition) is 4. The molecule has 0 saturated carbocycles. The van der Waals surface area contributed by atoms with Crippen LogP contribution in [-0.4, -0.2) is 25.3 Å². The lowest BCUT2D eigenvalue weighted by molar-refractivity contribution is 0.469. The Hall–Kier alpha value is -1.96. The first-order valence-corrected chi connectivity index (χ1v) is 7.72. The predicted molar refractivity (Wildman–Crippen MR) is 92.3 cm³/mol. The Morgan fingerprint density at radius 1 is 1.22 bits per heavy atom. The lowest BCUT2D eigenvalue weighted by Gasteiger charge is -2.10. The molecule has 2 heterocycles. The summed E-state index contributed by atoms with van der Waals surface area (Å²) >= 11 is 15.9. The van der Waals surface area contributed by atoms with E-state index in [0.717, 1.165) is 5.69 Å². The molecule has 9 heteroatoms. The van der Waals surface area contributed by atoms with Crippen LogP contribution in [0.4, 0.5) is 5.69 Å². The number of phenolic OH excluding ortho intramolecular Hbond substituents is 1. The minimum absolute atomic E-state index is 0.0103. The SMILES string of the molecule is Oc1c(Cl)cc(Cl)cc1CNc1ccc(-c2nnc(S)[nH]2)nc1. The highest BCUT2D eigenvalue weighted by Gasteiger charge is 2.08. The maximum atomic E-state index is 9.92. The minimum atomic E-state index is 0.0103. The molecule has 3 rings (SSSR count). The molecule has 0 spiro atoms. The molecule has 0 aliphatic rings. The Morgan fingerprint density at radius 2 is 2.04 bits per heavy atom. The lowest BCUT2D eigenvalue weighted by atomic mass is 10.2. The fraction of sp³-hybridized carbons (Fsp3) is 0.0714. The van der Waals surface area contributed by atoms with Gasteiger partial charge in [0.1, 0.15) is 11.4 Å². The van der Waals surface area contributed by atoms with Crippen LogP contribution >= 0.6 is 35.8 Å². The molecular weight excluding hydrogens is 357 g/mol. The number of benzene rings is 1. The molecule has 0 aliphatic heterocycles. The van der Waals surface area contributed by atoms with Gasteiger partial charge in [-0.1, -0.05) is 23.2 Å². The third-order valence-corrected chi connectivity index (χ3v) is 3.78. The van der Waals surface area contributed by atoms with Crippen LogP contribution in [0.25, 0.3) is 11.5 Å². The monoisotopic (exact) mass is 367 g/mol. The van der Waals surface area contributed by atoms with Gasteiger partial charge in [0.15, 0.2) is 11.0 Å². The number of H-pyrrole nitrogens is 1. The molecule has 118 valence electrons. The quantitative estimate of drug-likeness (QED) is 0.527. The highest BCUT2D eigenvalue weighted by atomic mass is 35.5. The molecule has 0 saturated heterocycles. The first kappa shape index (κ1) is 15.9. The van der Waals surface area contributed by atoms with Crippen LogP contribution < -0.4 is 5.32 Å². The molecule has 6 nitrogen and oxygen atoms in total. The van der Waals surface area contributed by atoms with Crippen LogP contribution in [0.1, 0.15) is 5.56 Å². The van der Waals surface area contributed by atoms with Gasteiger partial charge >= 0.3 is 0 Å². The summed E-state index contributed by atoms with van der Waals surface area (Å²) in [5.74, 6) is 0.553. The molecule has 1 aromatic carbocycles. The average Bonchev–Trinajstić information content (AvgIpc) is 2.96. The summed E-state index contributed by atoms with van der Waals surface area (Å²) in [5.41, 5.74) is 2.02. The van der Waals surface area contributed by atoms with Gasteiger partial charge in [0.25, 0.3) is 0 Å². The van der Waals surface area contributed by atoms with Crippen molar-refractivity contribution < 1.29 is 5.11 Å². The van der Waals surface area contributed by atoms with E-state index in [1.165, 1.54) is 6.07 Å². The number of phenols is 1. The van der Waals surface area contributed by atoms with Gasteiger partial charge in [-0.05, 0) is 24.3 Å². The molecule has 0 atom stereocenters. The van der Waals surface area contributed by atoms with E-state index in [4.69, 9.17) is 23.2 Å². The number of nitrogens with one attached hydrogen (secondary N) is 2. The zero-order valence-corrected chi connectivity index (χ0v) is 14.0. The van der Waals surface area contributed by atoms with Crippen molar-refractivity contribution >= 4 is 41.5 Å². The smallest absolute Gasteiger partial charge is 0.185 e. The Bertz CT molecular complexity index is 838. The largest absolute Gasteiger partial charge is 0.506 e. The summed E-state index contributed by atoms with van der Waals surface area (Å²) in [6.45, 7) is 0.357. The Morgan fingerprint density at radius 3 is 2.70 bits per heavy atom. The first-order chi connectivity index (χ1) is 11.0. The topological polar surface area (TPSA) is 86.7 Å². The Balaban J connectivity index is 1.72. The number of hydrogen-bond acceptors (Lipinski definition) is 6. The fourth-order valence-electron chi connectivity index (χ4n) is 1.96. The van der Waals surface area contributed by atoms with Crippen LogP contribution in [0.2, 0.25) is 10.0 Å². The van der Waals surface area contributed by atoms with Crippen molar-refractivity contribution in [1.82, 2.24) is 20.2 Å². The van der Waals surface area contributed by atoms with E-state index < -0.39 is 0 Å². The second-order valence-corrected chi connectivity index (χ2v) is 5.95. The van der Waals surface area contributed by atoms with Gasteiger partial charge in [-0.15, -0.1) is 22.8 Å². The summed E-state index contributed by atoms with van der Waals surface area (Å²) in [6.07, 6.45) is 1.65. The number of nitrogens with zero attached hydrogens (tertiary/aromatic N) is 3. The van der Waals surface area contributed by atoms with E-state index in [0.29, 0.717) is 33.8 Å². The molecule has 0 radical (unpaired) electrons. The first-order valence-electron chi connectivity index (χ1n) is 6.52. The molecule has 23 heavy (non-hydrogen) atoms. The van der Waals surface area contributed by atoms with E-state index in [1.54, 1.807) is 18.3 Å². The van der Waals surface area contributed by atoms with Crippen molar-refractivity contribution in [3.05, 3.63) is 46.1 Å². The summed E-state index contributed by atoms with van der Waals surface area (Å²) in [7, 11) is 0. The molecule has 3 N–H and O–H groups in total. The van der Waals surface area contributed by atoms with Gasteiger partial charge in [0, 0.05) is 17.1 Å². The van der Waals surface area contributed by atoms with Crippen molar-refractivity contribution in [1.29, 1.82) is 0 Å². The Labute approximate surface area is 147 Å². The van der Waals surface area contributed by atoms with Crippen LogP contribution in [0.15, 0.2) is 35.6 Å². The number of rotatable bonds is 4. The molecule has 2 aromatic heterocycles. The molecule has 0 amide bonds. The number of aromatic amines is 1. The number of anilines is 1. The number of pyridine rings is 1. The second-order valence-electron chi connectivity index (χ2n) is 4.68. The normalized spacial score (nSPS) is 10.7. The maximum Gasteiger partial charge on any atom is 0.185 e. The standard InChI is InChI=1S/C14H11Cl2N5OS/c15-8-3-7(12(22)10(16)4-8)5-17-9-1-2-11(18-6-9)13-19-14(23)21-20-13/h1-4,6,17,22H,5H2,(H2,19,20,21,23). The third-order valence-electron chi connectivity index (χ3n) is 3.07. The number of halogens is 2. The molecule has 0 bridgehead atoms. The van der Waals surface area contributed by atoms with Crippen LogP contribution in [0.5, 0.6) is 5.75 Å². The van der Waals surface area contributed by atoms with E-state index in [2.05, 4.69) is 38.1 Å². The highest BCUT2D eigenvalue weighted by molar-refractivity contribution is 7.80. The van der Waals surface area contributed by atoms with Gasteiger partial charge in [-0.3, -0.25) is 4.98 Å². The van der Waals surface area contributed by atoms with Gasteiger partial charge in [-0.25, -0.2) is 0 Å². The van der Waals surface area contributed by atoms with Crippen LogP contribution in [0.3, 0.4) is 0 Å². The van der Waals surface area contributed by atoms with E-state index >= 15 is 0 Å². The number of aromatic hydroxyl groups is 1. The van der Waals surface area contributed by atoms with Crippen LogP contribution in [0, 0.1) is 0 Å². The zero-order chi connectivity index (χ0) is 16.4. The van der Waals surface area contributed by atoms with Gasteiger partial charge < -0.3 is 15.4 Å². The highest BCUT2D eigenvalue weighted by Crippen LogP contribution is 2.31. The summed E-state index contributed by atoms with van der Waals surface area (Å²) < 4.78 is 0. The van der Waals surface area contributed by atoms with Crippen LogP contribution in [-0.2, 0) is 6.54 Å². The molecule has 3 aromatic rings. The number of thiol groups is 1. The predicted octanol–water partition coefficient (Wildman–Crippen LogP) is 3.78. The van der Waals surface area contributed by atoms with Crippen molar-refractivity contribution in [2.45, 2.75) is 11.7 Å². The van der Waals surface area contributed by atoms with Crippen molar-refractivity contribution in [3.8, 4) is 17.3 Å². The molecule has 0 fully saturated rings. The van der Waals surface area contributed by atoms with E-state index in [9.17, 15) is 5.11 Å². The van der Waals surface area contributed by atoms with Crippen molar-refractivity contribution in [3.63, 3.8) is 0 Å². The Kier molecular flexibility index (Phi) is 4.61. The fourth-order valence-corrected chi connectivity index (χ4v) is 2.64. The maximum absolute atomic E-state index is 9.92. The van der Waals surface area contributed by atoms with Gasteiger partial charge in [0.2, 0.25) is 0 Å². The van der Waals surface area contributed by atoms with E-state index in [-0.39, 0.29) is 10.8 Å². The average molecular weight is 368 g/mol. The van der Waals surface area contributed by atoms with Crippen molar-refractivity contribution in [2.24, 2.45) is 0 Å². The summed E-state index contributed by atoms with van der Waals surface area (Å²) in [6, 6.07) is 6.78. The second kappa shape index (κ2) is 6.66. The lowest BCUT2D eigenvalue weighted by Crippen LogP contribution is -2.00. The van der Waals surface area contributed by atoms with Crippen molar-refractivity contribution in [2.75, 3.05) is 5.32 Å². The third kappa shape index (κ3) is 3.69. The molecule has 0 aliphatic carbocycles. The van der Waals surface area contributed by atoms with Gasteiger partial charge in [-0.2, -0.15) is 0 Å². The summed E-state index contributed by atoms with van der Waals surface area (Å²) in [4.78, 5) is 7.17. The number of aromatic nitrogens is 4. The summed E-state index contributed by atoms with van der Waals surface area (Å²) in [5, 5.41) is 21.9. The molecular formula is C14H11Cl2N5OS. The van der Waals surface area contributed by atoms with Gasteiger partial charge in [0.05, 0.1) is 16.9 Å². The molecule has 0 unspecified atom stereocenters. The minimum Gasteiger partial charge on any atom is -0.506 e. The van der Waals surface area contributed by atoms with E-state index in [1.807, 2.05) is 6.07 Å². The zero-order valence-electron chi connectivity index (χ0n) is 11.6.